The van der Waals surface area contributed by atoms with Crippen molar-refractivity contribution in [3.05, 3.63) is 34.9 Å². The summed E-state index contributed by atoms with van der Waals surface area (Å²) in [6.45, 7) is -0.542. The summed E-state index contributed by atoms with van der Waals surface area (Å²) in [6, 6.07) is 5.68. The van der Waals surface area contributed by atoms with Crippen LogP contribution >= 0.6 is 11.6 Å². The van der Waals surface area contributed by atoms with Crippen LogP contribution in [0.1, 0.15) is 5.56 Å². The first-order chi connectivity index (χ1) is 9.95. The molecule has 0 aromatic heterocycles. The zero-order valence-corrected chi connectivity index (χ0v) is 11.7. The molecule has 0 amide bonds. The number of piperidine rings is 1. The Bertz CT molecular complexity index is 498. The number of aliphatic hydroxyl groups excluding tert-OH is 5. The van der Waals surface area contributed by atoms with Gasteiger partial charge in [-0.25, -0.2) is 0 Å². The molecule has 1 aliphatic rings. The van der Waals surface area contributed by atoms with E-state index >= 15 is 0 Å². The third-order valence-electron chi connectivity index (χ3n) is 3.41. The number of benzene rings is 1. The molecule has 1 aromatic rings. The van der Waals surface area contributed by atoms with Crippen molar-refractivity contribution in [3.8, 4) is 0 Å². The van der Waals surface area contributed by atoms with E-state index in [0.29, 0.717) is 10.6 Å². The first-order valence-electron chi connectivity index (χ1n) is 6.36. The van der Waals surface area contributed by atoms with Gasteiger partial charge < -0.3 is 25.5 Å². The van der Waals surface area contributed by atoms with Gasteiger partial charge in [0, 0.05) is 5.02 Å². The number of hydrogen-bond acceptors (Lipinski definition) is 7. The first kappa shape index (κ1) is 16.2. The highest BCUT2D eigenvalue weighted by molar-refractivity contribution is 6.30. The van der Waals surface area contributed by atoms with E-state index in [0.717, 1.165) is 5.01 Å². The van der Waals surface area contributed by atoms with E-state index in [1.165, 1.54) is 6.21 Å². The third kappa shape index (κ3) is 3.34. The molecule has 0 saturated carbocycles. The molecular weight excluding hydrogens is 300 g/mol. The molecule has 0 bridgehead atoms. The number of hydrogen-bond donors (Lipinski definition) is 5. The van der Waals surface area contributed by atoms with E-state index < -0.39 is 37.2 Å². The van der Waals surface area contributed by atoms with Gasteiger partial charge in [-0.1, -0.05) is 23.7 Å². The summed E-state index contributed by atoms with van der Waals surface area (Å²) in [5.74, 6) is 0. The topological polar surface area (TPSA) is 117 Å². The second kappa shape index (κ2) is 6.69. The van der Waals surface area contributed by atoms with Crippen LogP contribution in [-0.4, -0.2) is 73.9 Å². The molecule has 21 heavy (non-hydrogen) atoms. The van der Waals surface area contributed by atoms with Crippen molar-refractivity contribution in [2.75, 3.05) is 6.61 Å². The number of halogens is 1. The Kier molecular flexibility index (Phi) is 5.15. The van der Waals surface area contributed by atoms with E-state index in [1.54, 1.807) is 24.3 Å². The zero-order chi connectivity index (χ0) is 15.6. The van der Waals surface area contributed by atoms with Gasteiger partial charge in [-0.2, -0.15) is 5.10 Å². The molecule has 1 unspecified atom stereocenters. The molecule has 1 saturated heterocycles. The predicted octanol–water partition coefficient (Wildman–Crippen LogP) is -1.25. The van der Waals surface area contributed by atoms with Crippen LogP contribution in [0.25, 0.3) is 0 Å². The van der Waals surface area contributed by atoms with Crippen molar-refractivity contribution in [3.63, 3.8) is 0 Å². The summed E-state index contributed by atoms with van der Waals surface area (Å²) < 4.78 is 0. The Morgan fingerprint density at radius 3 is 2.24 bits per heavy atom. The molecule has 2 rings (SSSR count). The first-order valence-corrected chi connectivity index (χ1v) is 6.74. The minimum atomic E-state index is -1.59. The Morgan fingerprint density at radius 2 is 1.67 bits per heavy atom. The molecule has 5 atom stereocenters. The predicted molar refractivity (Wildman–Crippen MR) is 75.8 cm³/mol. The van der Waals surface area contributed by atoms with Crippen molar-refractivity contribution >= 4 is 17.8 Å². The van der Waals surface area contributed by atoms with Crippen molar-refractivity contribution in [2.45, 2.75) is 30.6 Å². The molecule has 116 valence electrons. The van der Waals surface area contributed by atoms with Crippen molar-refractivity contribution < 1.29 is 25.5 Å². The molecule has 8 heteroatoms. The molecule has 1 aromatic carbocycles. The van der Waals surface area contributed by atoms with Crippen LogP contribution < -0.4 is 0 Å². The molecule has 1 heterocycles. The van der Waals surface area contributed by atoms with Crippen LogP contribution in [0.4, 0.5) is 0 Å². The van der Waals surface area contributed by atoms with Gasteiger partial charge in [0.25, 0.3) is 0 Å². The fourth-order valence-corrected chi connectivity index (χ4v) is 2.27. The zero-order valence-electron chi connectivity index (χ0n) is 11.0. The van der Waals surface area contributed by atoms with Crippen LogP contribution in [0.3, 0.4) is 0 Å². The average Bonchev–Trinajstić information content (AvgIpc) is 2.49. The van der Waals surface area contributed by atoms with Crippen LogP contribution in [0, 0.1) is 0 Å². The van der Waals surface area contributed by atoms with Gasteiger partial charge in [-0.3, -0.25) is 5.01 Å². The van der Waals surface area contributed by atoms with Gasteiger partial charge in [-0.15, -0.1) is 0 Å². The number of rotatable bonds is 3. The lowest BCUT2D eigenvalue weighted by atomic mass is 9.94. The van der Waals surface area contributed by atoms with Crippen molar-refractivity contribution in [1.82, 2.24) is 5.01 Å². The molecule has 1 aliphatic heterocycles. The number of hydrazone groups is 1. The normalized spacial score (nSPS) is 33.6. The maximum Gasteiger partial charge on any atom is 0.171 e. The number of aliphatic hydroxyl groups is 5. The van der Waals surface area contributed by atoms with Crippen LogP contribution in [-0.2, 0) is 0 Å². The maximum atomic E-state index is 9.91. The van der Waals surface area contributed by atoms with Gasteiger partial charge in [0.15, 0.2) is 6.23 Å². The van der Waals surface area contributed by atoms with Crippen LogP contribution in [0.15, 0.2) is 29.4 Å². The van der Waals surface area contributed by atoms with Gasteiger partial charge in [0.05, 0.1) is 12.8 Å². The Hall–Kier alpha value is -1.22. The summed E-state index contributed by atoms with van der Waals surface area (Å²) >= 11 is 5.76. The summed E-state index contributed by atoms with van der Waals surface area (Å²) in [5.41, 5.74) is 0.679. The van der Waals surface area contributed by atoms with Gasteiger partial charge in [0.1, 0.15) is 24.4 Å². The molecular formula is C13H17ClN2O5. The Balaban J connectivity index is 2.20. The summed E-state index contributed by atoms with van der Waals surface area (Å²) in [4.78, 5) is 0. The third-order valence-corrected chi connectivity index (χ3v) is 3.66. The minimum absolute atomic E-state index is 0.542. The summed E-state index contributed by atoms with van der Waals surface area (Å²) in [6.07, 6.45) is -4.73. The Labute approximate surface area is 126 Å². The van der Waals surface area contributed by atoms with Gasteiger partial charge in [0.2, 0.25) is 0 Å². The van der Waals surface area contributed by atoms with E-state index in [4.69, 9.17) is 11.6 Å². The molecule has 1 fully saturated rings. The lowest BCUT2D eigenvalue weighted by Gasteiger charge is -2.44. The summed E-state index contributed by atoms with van der Waals surface area (Å²) in [5, 5.41) is 53.8. The van der Waals surface area contributed by atoms with E-state index in [9.17, 15) is 25.5 Å². The van der Waals surface area contributed by atoms with E-state index in [2.05, 4.69) is 5.10 Å². The Morgan fingerprint density at radius 1 is 1.05 bits per heavy atom. The highest BCUT2D eigenvalue weighted by atomic mass is 35.5. The fourth-order valence-electron chi connectivity index (χ4n) is 2.14. The molecule has 7 nitrogen and oxygen atoms in total. The van der Waals surface area contributed by atoms with Crippen LogP contribution in [0.2, 0.25) is 5.02 Å². The summed E-state index contributed by atoms with van der Waals surface area (Å²) in [7, 11) is 0. The fraction of sp³-hybridized carbons (Fsp3) is 0.462. The highest BCUT2D eigenvalue weighted by Gasteiger charge is 2.46. The van der Waals surface area contributed by atoms with E-state index in [1.807, 2.05) is 0 Å². The lowest BCUT2D eigenvalue weighted by molar-refractivity contribution is -0.222. The average molecular weight is 317 g/mol. The SMILES string of the molecule is OC[C@@H]1[C@@H](O)[C@H](O)[C@@H](O)C(O)N1/N=C/c1ccc(Cl)cc1. The molecule has 0 aliphatic carbocycles. The van der Waals surface area contributed by atoms with E-state index in [-0.39, 0.29) is 0 Å². The van der Waals surface area contributed by atoms with Crippen molar-refractivity contribution in [1.29, 1.82) is 0 Å². The number of nitrogens with zero attached hydrogens (tertiary/aromatic N) is 2. The highest BCUT2D eigenvalue weighted by Crippen LogP contribution is 2.23. The molecule has 0 spiro atoms. The quantitative estimate of drug-likeness (QED) is 0.445. The monoisotopic (exact) mass is 316 g/mol. The minimum Gasteiger partial charge on any atom is -0.394 e. The standard InChI is InChI=1S/C13H17ClN2O5/c14-8-3-1-7(2-4-8)5-15-16-9(6-17)10(18)11(19)12(20)13(16)21/h1-5,9-13,17-21H,6H2/b15-5+/t9-,10-,11+,12-,13?/m1/s1. The van der Waals surface area contributed by atoms with Crippen molar-refractivity contribution in [2.24, 2.45) is 5.10 Å². The molecule has 5 N–H and O–H groups in total. The maximum absolute atomic E-state index is 9.91. The van der Waals surface area contributed by atoms with Gasteiger partial charge in [-0.05, 0) is 17.7 Å². The van der Waals surface area contributed by atoms with Crippen LogP contribution in [0.5, 0.6) is 0 Å². The molecule has 0 radical (unpaired) electrons. The largest absolute Gasteiger partial charge is 0.394 e. The smallest absolute Gasteiger partial charge is 0.171 e. The second-order valence-electron chi connectivity index (χ2n) is 4.81. The lowest BCUT2D eigenvalue weighted by Crippen LogP contribution is -2.65. The second-order valence-corrected chi connectivity index (χ2v) is 5.25. The van der Waals surface area contributed by atoms with Gasteiger partial charge >= 0.3 is 0 Å².